The summed E-state index contributed by atoms with van der Waals surface area (Å²) in [6.45, 7) is 1.50. The van der Waals surface area contributed by atoms with Gasteiger partial charge in [0, 0.05) is 11.6 Å². The van der Waals surface area contributed by atoms with E-state index in [0.717, 1.165) is 6.07 Å². The van der Waals surface area contributed by atoms with Crippen molar-refractivity contribution in [2.24, 2.45) is 0 Å². The maximum atomic E-state index is 13.8. The molecule has 0 fully saturated rings. The Labute approximate surface area is 110 Å². The van der Waals surface area contributed by atoms with Crippen LogP contribution in [0.3, 0.4) is 0 Å². The lowest BCUT2D eigenvalue weighted by Gasteiger charge is -2.25. The van der Waals surface area contributed by atoms with Crippen molar-refractivity contribution in [1.29, 1.82) is 0 Å². The summed E-state index contributed by atoms with van der Waals surface area (Å²) in [5, 5.41) is 19.7. The first-order valence-corrected chi connectivity index (χ1v) is 5.81. The minimum Gasteiger partial charge on any atom is -0.508 e. The summed E-state index contributed by atoms with van der Waals surface area (Å²) in [5.41, 5.74) is -0.835. The standard InChI is InChI=1S/C15H15FO3/c1-15(18,10-3-6-12(19-2)7-4-10)13-8-5-11(17)9-14(13)16/h3-9,17-18H,1-2H3/t15-/m1/s1. The van der Waals surface area contributed by atoms with E-state index in [9.17, 15) is 14.6 Å². The minimum atomic E-state index is -1.48. The zero-order chi connectivity index (χ0) is 14.0. The molecule has 0 radical (unpaired) electrons. The summed E-state index contributed by atoms with van der Waals surface area (Å²) in [5.74, 6) is -0.168. The van der Waals surface area contributed by atoms with Crippen molar-refractivity contribution in [1.82, 2.24) is 0 Å². The Morgan fingerprint density at radius 2 is 1.74 bits per heavy atom. The largest absolute Gasteiger partial charge is 0.508 e. The summed E-state index contributed by atoms with van der Waals surface area (Å²) in [6, 6.07) is 10.4. The summed E-state index contributed by atoms with van der Waals surface area (Å²) < 4.78 is 18.9. The molecule has 3 nitrogen and oxygen atoms in total. The van der Waals surface area contributed by atoms with Crippen LogP contribution < -0.4 is 4.74 Å². The van der Waals surface area contributed by atoms with Gasteiger partial charge in [-0.3, -0.25) is 0 Å². The van der Waals surface area contributed by atoms with Gasteiger partial charge in [0.25, 0.3) is 0 Å². The second-order valence-corrected chi connectivity index (χ2v) is 4.46. The van der Waals surface area contributed by atoms with Gasteiger partial charge in [-0.25, -0.2) is 4.39 Å². The molecule has 0 unspecified atom stereocenters. The van der Waals surface area contributed by atoms with Crippen LogP contribution in [0.15, 0.2) is 42.5 Å². The van der Waals surface area contributed by atoms with E-state index in [-0.39, 0.29) is 11.3 Å². The predicted octanol–water partition coefficient (Wildman–Crippen LogP) is 2.80. The molecule has 100 valence electrons. The third kappa shape index (κ3) is 2.53. The van der Waals surface area contributed by atoms with Gasteiger partial charge < -0.3 is 14.9 Å². The van der Waals surface area contributed by atoms with E-state index in [1.807, 2.05) is 0 Å². The highest BCUT2D eigenvalue weighted by molar-refractivity contribution is 5.40. The first kappa shape index (κ1) is 13.4. The molecule has 4 heteroatoms. The Kier molecular flexibility index (Phi) is 3.44. The average Bonchev–Trinajstić information content (AvgIpc) is 2.38. The summed E-state index contributed by atoms with van der Waals surface area (Å²) in [4.78, 5) is 0. The zero-order valence-corrected chi connectivity index (χ0v) is 10.7. The summed E-state index contributed by atoms with van der Waals surface area (Å²) >= 11 is 0. The van der Waals surface area contributed by atoms with E-state index in [0.29, 0.717) is 11.3 Å². The highest BCUT2D eigenvalue weighted by Crippen LogP contribution is 2.33. The van der Waals surface area contributed by atoms with E-state index in [1.54, 1.807) is 31.4 Å². The van der Waals surface area contributed by atoms with E-state index >= 15 is 0 Å². The minimum absolute atomic E-state index is 0.107. The molecule has 0 aliphatic heterocycles. The SMILES string of the molecule is COc1ccc([C@@](C)(O)c2ccc(O)cc2F)cc1. The second-order valence-electron chi connectivity index (χ2n) is 4.46. The maximum Gasteiger partial charge on any atom is 0.133 e. The van der Waals surface area contributed by atoms with Gasteiger partial charge in [-0.15, -0.1) is 0 Å². The van der Waals surface area contributed by atoms with Crippen LogP contribution in [0.4, 0.5) is 4.39 Å². The van der Waals surface area contributed by atoms with Crippen LogP contribution in [-0.4, -0.2) is 17.3 Å². The van der Waals surface area contributed by atoms with Crippen LogP contribution in [0.5, 0.6) is 11.5 Å². The van der Waals surface area contributed by atoms with Gasteiger partial charge in [0.05, 0.1) is 7.11 Å². The van der Waals surface area contributed by atoms with E-state index in [2.05, 4.69) is 0 Å². The van der Waals surface area contributed by atoms with E-state index in [1.165, 1.54) is 19.1 Å². The lowest BCUT2D eigenvalue weighted by atomic mass is 9.88. The van der Waals surface area contributed by atoms with Crippen molar-refractivity contribution in [3.8, 4) is 11.5 Å². The third-order valence-electron chi connectivity index (χ3n) is 3.13. The van der Waals surface area contributed by atoms with Gasteiger partial charge in [0.2, 0.25) is 0 Å². The number of ether oxygens (including phenoxy) is 1. The van der Waals surface area contributed by atoms with Crippen molar-refractivity contribution >= 4 is 0 Å². The van der Waals surface area contributed by atoms with Gasteiger partial charge in [0.1, 0.15) is 22.9 Å². The second kappa shape index (κ2) is 4.90. The average molecular weight is 262 g/mol. The normalized spacial score (nSPS) is 13.9. The molecule has 0 heterocycles. The van der Waals surface area contributed by atoms with Crippen LogP contribution in [0.1, 0.15) is 18.1 Å². The van der Waals surface area contributed by atoms with Gasteiger partial charge >= 0.3 is 0 Å². The molecule has 19 heavy (non-hydrogen) atoms. The van der Waals surface area contributed by atoms with Gasteiger partial charge in [-0.2, -0.15) is 0 Å². The monoisotopic (exact) mass is 262 g/mol. The number of halogens is 1. The Hall–Kier alpha value is -2.07. The molecule has 0 aliphatic carbocycles. The van der Waals surface area contributed by atoms with Crippen molar-refractivity contribution in [2.75, 3.05) is 7.11 Å². The molecule has 0 spiro atoms. The van der Waals surface area contributed by atoms with Gasteiger partial charge in [0.15, 0.2) is 0 Å². The van der Waals surface area contributed by atoms with Crippen LogP contribution in [-0.2, 0) is 5.60 Å². The van der Waals surface area contributed by atoms with Crippen LogP contribution in [0, 0.1) is 5.82 Å². The van der Waals surface area contributed by atoms with Crippen molar-refractivity contribution < 1.29 is 19.3 Å². The topological polar surface area (TPSA) is 49.7 Å². The molecule has 0 aromatic heterocycles. The zero-order valence-electron chi connectivity index (χ0n) is 10.7. The molecule has 1 atom stereocenters. The van der Waals surface area contributed by atoms with E-state index in [4.69, 9.17) is 4.74 Å². The maximum absolute atomic E-state index is 13.8. The molecule has 2 aromatic carbocycles. The van der Waals surface area contributed by atoms with Gasteiger partial charge in [-0.05, 0) is 36.8 Å². The molecule has 2 aromatic rings. The molecule has 0 bridgehead atoms. The first-order chi connectivity index (χ1) is 8.95. The predicted molar refractivity (Wildman–Crippen MR) is 69.7 cm³/mol. The molecular weight excluding hydrogens is 247 g/mol. The molecule has 2 N–H and O–H groups in total. The lowest BCUT2D eigenvalue weighted by Crippen LogP contribution is -2.24. The van der Waals surface area contributed by atoms with Crippen LogP contribution >= 0.6 is 0 Å². The number of phenols is 1. The van der Waals surface area contributed by atoms with Crippen molar-refractivity contribution in [3.05, 3.63) is 59.4 Å². The Morgan fingerprint density at radius 1 is 1.11 bits per heavy atom. The molecule has 0 saturated carbocycles. The smallest absolute Gasteiger partial charge is 0.133 e. The fourth-order valence-electron chi connectivity index (χ4n) is 1.97. The Morgan fingerprint density at radius 3 is 2.26 bits per heavy atom. The van der Waals surface area contributed by atoms with Crippen LogP contribution in [0.25, 0.3) is 0 Å². The molecule has 0 aliphatic rings. The van der Waals surface area contributed by atoms with E-state index < -0.39 is 11.4 Å². The molecular formula is C15H15FO3. The number of hydrogen-bond donors (Lipinski definition) is 2. The fourth-order valence-corrected chi connectivity index (χ4v) is 1.97. The number of hydrogen-bond acceptors (Lipinski definition) is 3. The molecule has 0 amide bonds. The summed E-state index contributed by atoms with van der Waals surface area (Å²) in [6.07, 6.45) is 0. The molecule has 2 rings (SSSR count). The lowest BCUT2D eigenvalue weighted by molar-refractivity contribution is 0.0978. The number of methoxy groups -OCH3 is 1. The number of aliphatic hydroxyl groups is 1. The quantitative estimate of drug-likeness (QED) is 0.894. The fraction of sp³-hybridized carbons (Fsp3) is 0.200. The molecule has 0 saturated heterocycles. The third-order valence-corrected chi connectivity index (χ3v) is 3.13. The number of phenolic OH excluding ortho intramolecular Hbond substituents is 1. The number of rotatable bonds is 3. The van der Waals surface area contributed by atoms with Gasteiger partial charge in [-0.1, -0.05) is 12.1 Å². The first-order valence-electron chi connectivity index (χ1n) is 5.81. The number of aromatic hydroxyl groups is 1. The highest BCUT2D eigenvalue weighted by atomic mass is 19.1. The van der Waals surface area contributed by atoms with Crippen molar-refractivity contribution in [2.45, 2.75) is 12.5 Å². The Balaban J connectivity index is 2.45. The highest BCUT2D eigenvalue weighted by Gasteiger charge is 2.28. The number of benzene rings is 2. The van der Waals surface area contributed by atoms with Crippen molar-refractivity contribution in [3.63, 3.8) is 0 Å². The Bertz CT molecular complexity index is 576. The summed E-state index contributed by atoms with van der Waals surface area (Å²) in [7, 11) is 1.55. The van der Waals surface area contributed by atoms with Crippen LogP contribution in [0.2, 0.25) is 0 Å².